The average molecular weight is 469 g/mol. The molecule has 1 aliphatic carbocycles. The molecule has 8 heteroatoms. The molecule has 1 atom stereocenters. The third-order valence-corrected chi connectivity index (χ3v) is 7.30. The van der Waals surface area contributed by atoms with Crippen molar-refractivity contribution in [3.8, 4) is 0 Å². The number of hydrogen-bond acceptors (Lipinski definition) is 4. The average Bonchev–Trinajstić information content (AvgIpc) is 3.19. The molecule has 2 bridgehead atoms. The topological polar surface area (TPSA) is 79.0 Å². The van der Waals surface area contributed by atoms with Crippen molar-refractivity contribution in [2.75, 3.05) is 24.5 Å². The van der Waals surface area contributed by atoms with Gasteiger partial charge in [0.1, 0.15) is 12.4 Å². The molecule has 3 fully saturated rings. The summed E-state index contributed by atoms with van der Waals surface area (Å²) in [6.07, 6.45) is 3.32. The number of benzene rings is 2. The Hall–Kier alpha value is -2.77. The quantitative estimate of drug-likeness (QED) is 0.747. The van der Waals surface area contributed by atoms with E-state index in [4.69, 9.17) is 17.3 Å². The number of halogens is 2. The smallest absolute Gasteiger partial charge is 0.266 e. The van der Waals surface area contributed by atoms with Crippen LogP contribution < -0.4 is 10.6 Å². The molecule has 4 aliphatic rings. The number of rotatable bonds is 3. The standard InChI is InChI=1S/C25H26ClFN4O2/c26-19-6-3-5-18-22(17-4-1-2-7-20(17)27)29-24(28)25(33)31(23(18)19)14-21(32)30-12-15-8-9-16(13-30)11-10-15/h1-7,15-16,24H,8-14,28H2. The molecule has 0 aromatic heterocycles. The number of benzodiazepines with no additional fused rings is 1. The molecule has 0 radical (unpaired) electrons. The Morgan fingerprint density at radius 1 is 1.03 bits per heavy atom. The van der Waals surface area contributed by atoms with Crippen LogP contribution in [0.3, 0.4) is 0 Å². The Labute approximate surface area is 197 Å². The van der Waals surface area contributed by atoms with Crippen LogP contribution in [0.2, 0.25) is 5.02 Å². The maximum atomic E-state index is 14.7. The third kappa shape index (κ3) is 4.15. The first-order chi connectivity index (χ1) is 15.9. The van der Waals surface area contributed by atoms with Crippen LogP contribution in [0, 0.1) is 17.7 Å². The SMILES string of the molecule is NC1N=C(c2ccccc2F)c2cccc(Cl)c2N(CC(=O)N2CC3CCC(CC3)C2)C1=O. The molecule has 6 rings (SSSR count). The minimum Gasteiger partial charge on any atom is -0.341 e. The Morgan fingerprint density at radius 3 is 2.33 bits per heavy atom. The maximum absolute atomic E-state index is 14.7. The molecule has 3 heterocycles. The molecule has 1 unspecified atom stereocenters. The monoisotopic (exact) mass is 468 g/mol. The molecule has 6 nitrogen and oxygen atoms in total. The number of nitrogens with zero attached hydrogens (tertiary/aromatic N) is 3. The summed E-state index contributed by atoms with van der Waals surface area (Å²) in [5.41, 5.74) is 7.42. The zero-order valence-electron chi connectivity index (χ0n) is 18.2. The van der Waals surface area contributed by atoms with Gasteiger partial charge >= 0.3 is 0 Å². The Kier molecular flexibility index (Phi) is 5.93. The van der Waals surface area contributed by atoms with Crippen molar-refractivity contribution in [3.05, 3.63) is 64.4 Å². The zero-order chi connectivity index (χ0) is 23.1. The van der Waals surface area contributed by atoms with Gasteiger partial charge < -0.3 is 10.6 Å². The number of amides is 2. The van der Waals surface area contributed by atoms with E-state index < -0.39 is 17.9 Å². The van der Waals surface area contributed by atoms with Crippen LogP contribution in [-0.4, -0.2) is 48.2 Å². The van der Waals surface area contributed by atoms with E-state index in [0.717, 1.165) is 38.8 Å². The van der Waals surface area contributed by atoms with Crippen LogP contribution in [0.1, 0.15) is 36.8 Å². The van der Waals surface area contributed by atoms with Crippen molar-refractivity contribution >= 4 is 34.8 Å². The van der Waals surface area contributed by atoms with Gasteiger partial charge in [0, 0.05) is 24.2 Å². The molecule has 2 aromatic carbocycles. The molecule has 0 spiro atoms. The van der Waals surface area contributed by atoms with E-state index in [2.05, 4.69) is 4.99 Å². The van der Waals surface area contributed by atoms with Gasteiger partial charge in [-0.05, 0) is 55.7 Å². The van der Waals surface area contributed by atoms with Gasteiger partial charge in [0.25, 0.3) is 5.91 Å². The number of anilines is 1. The number of hydrogen-bond donors (Lipinski definition) is 1. The van der Waals surface area contributed by atoms with Crippen LogP contribution in [0.15, 0.2) is 47.5 Å². The van der Waals surface area contributed by atoms with Crippen LogP contribution >= 0.6 is 11.6 Å². The summed E-state index contributed by atoms with van der Waals surface area (Å²) >= 11 is 6.56. The lowest BCUT2D eigenvalue weighted by Crippen LogP contribution is -2.49. The Morgan fingerprint density at radius 2 is 1.67 bits per heavy atom. The third-order valence-electron chi connectivity index (χ3n) is 7.00. The van der Waals surface area contributed by atoms with E-state index in [1.807, 2.05) is 4.90 Å². The first kappa shape index (κ1) is 22.0. The summed E-state index contributed by atoms with van der Waals surface area (Å²) in [7, 11) is 0. The summed E-state index contributed by atoms with van der Waals surface area (Å²) in [4.78, 5) is 34.3. The number of fused-ring (bicyclic) bond motifs is 5. The zero-order valence-corrected chi connectivity index (χ0v) is 19.0. The minimum absolute atomic E-state index is 0.130. The number of aliphatic imine (C=N–C) groups is 1. The van der Waals surface area contributed by atoms with Gasteiger partial charge in [-0.2, -0.15) is 0 Å². The van der Waals surface area contributed by atoms with Crippen molar-refractivity contribution in [3.63, 3.8) is 0 Å². The fourth-order valence-electron chi connectivity index (χ4n) is 5.27. The summed E-state index contributed by atoms with van der Waals surface area (Å²) in [6, 6.07) is 11.3. The molecule has 1 saturated carbocycles. The highest BCUT2D eigenvalue weighted by Crippen LogP contribution is 2.36. The lowest BCUT2D eigenvalue weighted by atomic mass is 9.84. The molecule has 172 valence electrons. The first-order valence-electron chi connectivity index (χ1n) is 11.4. The lowest BCUT2D eigenvalue weighted by Gasteiger charge is -2.29. The van der Waals surface area contributed by atoms with Gasteiger partial charge in [0.2, 0.25) is 5.91 Å². The van der Waals surface area contributed by atoms with Crippen molar-refractivity contribution in [1.29, 1.82) is 0 Å². The molecular weight excluding hydrogens is 443 g/mol. The van der Waals surface area contributed by atoms with Crippen LogP contribution in [0.5, 0.6) is 0 Å². The number of nitrogens with two attached hydrogens (primary N) is 1. The van der Waals surface area contributed by atoms with E-state index in [1.54, 1.807) is 36.4 Å². The van der Waals surface area contributed by atoms with Crippen LogP contribution in [0.4, 0.5) is 10.1 Å². The molecule has 2 aromatic rings. The van der Waals surface area contributed by atoms with E-state index in [-0.39, 0.29) is 28.7 Å². The Balaban J connectivity index is 1.53. The van der Waals surface area contributed by atoms with Gasteiger partial charge in [-0.25, -0.2) is 4.39 Å². The van der Waals surface area contributed by atoms with Crippen molar-refractivity contribution < 1.29 is 14.0 Å². The maximum Gasteiger partial charge on any atom is 0.266 e. The minimum atomic E-state index is -1.28. The van der Waals surface area contributed by atoms with Crippen molar-refractivity contribution in [2.45, 2.75) is 31.8 Å². The molecular formula is C25H26ClFN4O2. The number of para-hydroxylation sites is 1. The van der Waals surface area contributed by atoms with Crippen molar-refractivity contribution in [1.82, 2.24) is 4.90 Å². The fraction of sp³-hybridized carbons (Fsp3) is 0.400. The second-order valence-electron chi connectivity index (χ2n) is 9.15. The highest BCUT2D eigenvalue weighted by atomic mass is 35.5. The highest BCUT2D eigenvalue weighted by Gasteiger charge is 2.36. The molecule has 2 N–H and O–H groups in total. The van der Waals surface area contributed by atoms with Gasteiger partial charge in [-0.1, -0.05) is 35.9 Å². The summed E-state index contributed by atoms with van der Waals surface area (Å²) in [6.45, 7) is 1.26. The van der Waals surface area contributed by atoms with Gasteiger partial charge in [0.15, 0.2) is 6.17 Å². The largest absolute Gasteiger partial charge is 0.341 e. The summed E-state index contributed by atoms with van der Waals surface area (Å²) in [5, 5.41) is 0.280. The fourth-order valence-corrected chi connectivity index (χ4v) is 5.55. The van der Waals surface area contributed by atoms with Gasteiger partial charge in [0.05, 0.1) is 16.4 Å². The normalized spacial score (nSPS) is 24.8. The predicted molar refractivity (Wildman–Crippen MR) is 126 cm³/mol. The second kappa shape index (κ2) is 8.88. The number of carbonyl (C=O) groups is 2. The summed E-state index contributed by atoms with van der Waals surface area (Å²) in [5.74, 6) is -0.119. The first-order valence-corrected chi connectivity index (χ1v) is 11.8. The van der Waals surface area contributed by atoms with E-state index >= 15 is 0 Å². The summed E-state index contributed by atoms with van der Waals surface area (Å²) < 4.78 is 14.7. The van der Waals surface area contributed by atoms with Crippen molar-refractivity contribution in [2.24, 2.45) is 22.6 Å². The predicted octanol–water partition coefficient (Wildman–Crippen LogP) is 3.60. The van der Waals surface area contributed by atoms with E-state index in [1.165, 1.54) is 11.0 Å². The van der Waals surface area contributed by atoms with E-state index in [9.17, 15) is 14.0 Å². The van der Waals surface area contributed by atoms with Crippen LogP contribution in [-0.2, 0) is 9.59 Å². The molecule has 3 aliphatic heterocycles. The van der Waals surface area contributed by atoms with E-state index in [0.29, 0.717) is 23.1 Å². The highest BCUT2D eigenvalue weighted by molar-refractivity contribution is 6.36. The van der Waals surface area contributed by atoms with Crippen LogP contribution in [0.25, 0.3) is 0 Å². The second-order valence-corrected chi connectivity index (χ2v) is 9.56. The van der Waals surface area contributed by atoms with Gasteiger partial charge in [-0.15, -0.1) is 0 Å². The van der Waals surface area contributed by atoms with Gasteiger partial charge in [-0.3, -0.25) is 19.5 Å². The molecule has 33 heavy (non-hydrogen) atoms. The lowest BCUT2D eigenvalue weighted by molar-refractivity contribution is -0.132. The molecule has 2 saturated heterocycles. The number of carbonyl (C=O) groups excluding carboxylic acids is 2. The Bertz CT molecular complexity index is 1120. The molecule has 2 amide bonds.